The second-order valence-corrected chi connectivity index (χ2v) is 8.70. The van der Waals surface area contributed by atoms with E-state index in [1.165, 1.54) is 0 Å². The maximum atomic E-state index is 13.6. The summed E-state index contributed by atoms with van der Waals surface area (Å²) in [6.45, 7) is 6.46. The molecule has 0 aromatic heterocycles. The number of carbonyl (C=O) groups is 2. The zero-order chi connectivity index (χ0) is 23.6. The minimum atomic E-state index is -0.599. The number of hydrogen-bond acceptors (Lipinski definition) is 2. The molecule has 3 aromatic carbocycles. The molecule has 0 unspecified atom stereocenters. The molecule has 0 heterocycles. The van der Waals surface area contributed by atoms with Gasteiger partial charge in [-0.3, -0.25) is 9.59 Å². The Hall–Kier alpha value is -3.40. The Morgan fingerprint density at radius 2 is 1.45 bits per heavy atom. The van der Waals surface area contributed by atoms with Gasteiger partial charge in [0.2, 0.25) is 11.8 Å². The molecule has 0 aliphatic carbocycles. The van der Waals surface area contributed by atoms with E-state index in [0.29, 0.717) is 13.0 Å². The summed E-state index contributed by atoms with van der Waals surface area (Å²) in [5, 5.41) is 3.11. The Balaban J connectivity index is 1.96. The minimum absolute atomic E-state index is 0.0424. The summed E-state index contributed by atoms with van der Waals surface area (Å²) in [5.41, 5.74) is 4.12. The van der Waals surface area contributed by atoms with Crippen LogP contribution < -0.4 is 5.32 Å². The molecule has 0 aliphatic heterocycles. The van der Waals surface area contributed by atoms with Crippen LogP contribution in [-0.4, -0.2) is 28.8 Å². The van der Waals surface area contributed by atoms with E-state index < -0.39 is 6.04 Å². The number of amides is 2. The van der Waals surface area contributed by atoms with E-state index in [9.17, 15) is 9.59 Å². The first-order valence-corrected chi connectivity index (χ1v) is 11.7. The van der Waals surface area contributed by atoms with Crippen molar-refractivity contribution in [1.82, 2.24) is 10.2 Å². The molecule has 0 saturated heterocycles. The summed E-state index contributed by atoms with van der Waals surface area (Å²) in [4.78, 5) is 28.9. The molecule has 3 aromatic rings. The molecular weight excluding hydrogens is 408 g/mol. The van der Waals surface area contributed by atoms with E-state index in [-0.39, 0.29) is 24.3 Å². The topological polar surface area (TPSA) is 49.4 Å². The number of aryl methyl sites for hydroxylation is 1. The highest BCUT2D eigenvalue weighted by Crippen LogP contribution is 2.17. The van der Waals surface area contributed by atoms with Crippen LogP contribution in [0.15, 0.2) is 84.9 Å². The monoisotopic (exact) mass is 442 g/mol. The second-order valence-electron chi connectivity index (χ2n) is 8.70. The molecule has 0 fully saturated rings. The fourth-order valence-corrected chi connectivity index (χ4v) is 3.87. The normalized spacial score (nSPS) is 12.6. The molecule has 1 N–H and O–H groups in total. The standard InChI is InChI=1S/C29H34N2O2/c1-4-23(3)30-29(33)27(19-24-13-7-5-8-14-24)31(21-26-17-11-12-22(2)18-26)28(32)20-25-15-9-6-10-16-25/h5-18,23,27H,4,19-21H2,1-3H3,(H,30,33)/t23-,27-/m0/s1. The maximum absolute atomic E-state index is 13.6. The number of benzene rings is 3. The zero-order valence-corrected chi connectivity index (χ0v) is 19.8. The third kappa shape index (κ3) is 7.31. The van der Waals surface area contributed by atoms with Crippen molar-refractivity contribution in [2.75, 3.05) is 0 Å². The average Bonchev–Trinajstić information content (AvgIpc) is 2.82. The minimum Gasteiger partial charge on any atom is -0.352 e. The van der Waals surface area contributed by atoms with Crippen molar-refractivity contribution in [3.63, 3.8) is 0 Å². The van der Waals surface area contributed by atoms with E-state index in [1.54, 1.807) is 4.90 Å². The number of hydrogen-bond donors (Lipinski definition) is 1. The highest BCUT2D eigenvalue weighted by Gasteiger charge is 2.31. The Labute approximate surface area is 197 Å². The highest BCUT2D eigenvalue weighted by molar-refractivity contribution is 5.89. The Kier molecular flexibility index (Phi) is 8.82. The number of rotatable bonds is 10. The van der Waals surface area contributed by atoms with Gasteiger partial charge in [-0.25, -0.2) is 0 Å². The average molecular weight is 443 g/mol. The van der Waals surface area contributed by atoms with Gasteiger partial charge in [-0.05, 0) is 37.0 Å². The van der Waals surface area contributed by atoms with Gasteiger partial charge in [-0.1, -0.05) is 97.4 Å². The third-order valence-corrected chi connectivity index (χ3v) is 5.91. The van der Waals surface area contributed by atoms with E-state index in [2.05, 4.69) is 11.4 Å². The van der Waals surface area contributed by atoms with Crippen molar-refractivity contribution in [1.29, 1.82) is 0 Å². The SMILES string of the molecule is CC[C@H](C)NC(=O)[C@H](Cc1ccccc1)N(Cc1cccc(C)c1)C(=O)Cc1ccccc1. The number of nitrogens with zero attached hydrogens (tertiary/aromatic N) is 1. The van der Waals surface area contributed by atoms with Gasteiger partial charge < -0.3 is 10.2 Å². The molecule has 0 aliphatic rings. The Morgan fingerprint density at radius 3 is 2.06 bits per heavy atom. The van der Waals surface area contributed by atoms with Crippen molar-refractivity contribution < 1.29 is 9.59 Å². The van der Waals surface area contributed by atoms with Crippen LogP contribution in [0.1, 0.15) is 42.5 Å². The van der Waals surface area contributed by atoms with Gasteiger partial charge >= 0.3 is 0 Å². The largest absolute Gasteiger partial charge is 0.352 e. The fourth-order valence-electron chi connectivity index (χ4n) is 3.87. The molecule has 0 spiro atoms. The van der Waals surface area contributed by atoms with Crippen LogP contribution in [0.4, 0.5) is 0 Å². The van der Waals surface area contributed by atoms with Crippen LogP contribution in [0.5, 0.6) is 0 Å². The van der Waals surface area contributed by atoms with Gasteiger partial charge in [0.15, 0.2) is 0 Å². The molecule has 0 bridgehead atoms. The van der Waals surface area contributed by atoms with Crippen LogP contribution in [0, 0.1) is 6.92 Å². The van der Waals surface area contributed by atoms with Gasteiger partial charge in [-0.2, -0.15) is 0 Å². The van der Waals surface area contributed by atoms with Gasteiger partial charge in [0.05, 0.1) is 6.42 Å². The third-order valence-electron chi connectivity index (χ3n) is 5.91. The lowest BCUT2D eigenvalue weighted by molar-refractivity contribution is -0.141. The van der Waals surface area contributed by atoms with Gasteiger partial charge in [0, 0.05) is 19.0 Å². The molecule has 3 rings (SSSR count). The first kappa shape index (κ1) is 24.2. The lowest BCUT2D eigenvalue weighted by Crippen LogP contribution is -2.52. The van der Waals surface area contributed by atoms with Crippen molar-refractivity contribution in [2.24, 2.45) is 0 Å². The van der Waals surface area contributed by atoms with Crippen LogP contribution >= 0.6 is 0 Å². The van der Waals surface area contributed by atoms with E-state index in [1.807, 2.05) is 99.6 Å². The molecule has 172 valence electrons. The van der Waals surface area contributed by atoms with Crippen molar-refractivity contribution in [2.45, 2.75) is 58.7 Å². The predicted octanol–water partition coefficient (Wildman–Crippen LogP) is 5.09. The molecule has 0 radical (unpaired) electrons. The van der Waals surface area contributed by atoms with Gasteiger partial charge in [0.25, 0.3) is 0 Å². The summed E-state index contributed by atoms with van der Waals surface area (Å²) in [7, 11) is 0. The molecular formula is C29H34N2O2. The number of carbonyl (C=O) groups excluding carboxylic acids is 2. The van der Waals surface area contributed by atoms with E-state index in [0.717, 1.165) is 28.7 Å². The smallest absolute Gasteiger partial charge is 0.243 e. The number of nitrogens with one attached hydrogen (secondary N) is 1. The molecule has 4 nitrogen and oxygen atoms in total. The molecule has 2 atom stereocenters. The van der Waals surface area contributed by atoms with Crippen molar-refractivity contribution in [3.8, 4) is 0 Å². The Morgan fingerprint density at radius 1 is 0.848 bits per heavy atom. The first-order chi connectivity index (χ1) is 16.0. The lowest BCUT2D eigenvalue weighted by atomic mass is 10.0. The maximum Gasteiger partial charge on any atom is 0.243 e. The summed E-state index contributed by atoms with van der Waals surface area (Å²) in [6, 6.07) is 27.2. The predicted molar refractivity (Wildman–Crippen MR) is 134 cm³/mol. The lowest BCUT2D eigenvalue weighted by Gasteiger charge is -2.32. The molecule has 33 heavy (non-hydrogen) atoms. The van der Waals surface area contributed by atoms with Gasteiger partial charge in [0.1, 0.15) is 6.04 Å². The van der Waals surface area contributed by atoms with Crippen LogP contribution in [0.2, 0.25) is 0 Å². The summed E-state index contributed by atoms with van der Waals surface area (Å²) in [6.07, 6.45) is 1.56. The molecule has 2 amide bonds. The van der Waals surface area contributed by atoms with Crippen LogP contribution in [-0.2, 0) is 29.0 Å². The van der Waals surface area contributed by atoms with Gasteiger partial charge in [-0.15, -0.1) is 0 Å². The summed E-state index contributed by atoms with van der Waals surface area (Å²) in [5.74, 6) is -0.162. The van der Waals surface area contributed by atoms with E-state index in [4.69, 9.17) is 0 Å². The quantitative estimate of drug-likeness (QED) is 0.475. The summed E-state index contributed by atoms with van der Waals surface area (Å²) < 4.78 is 0. The van der Waals surface area contributed by atoms with Crippen LogP contribution in [0.25, 0.3) is 0 Å². The fraction of sp³-hybridized carbons (Fsp3) is 0.310. The van der Waals surface area contributed by atoms with Crippen molar-refractivity contribution >= 4 is 11.8 Å². The van der Waals surface area contributed by atoms with Crippen molar-refractivity contribution in [3.05, 3.63) is 107 Å². The second kappa shape index (κ2) is 12.0. The molecule has 4 heteroatoms. The summed E-state index contributed by atoms with van der Waals surface area (Å²) >= 11 is 0. The van der Waals surface area contributed by atoms with Crippen LogP contribution in [0.3, 0.4) is 0 Å². The zero-order valence-electron chi connectivity index (χ0n) is 19.8. The molecule has 0 saturated carbocycles. The first-order valence-electron chi connectivity index (χ1n) is 11.7. The van der Waals surface area contributed by atoms with E-state index >= 15 is 0 Å². The Bertz CT molecular complexity index is 1030. The highest BCUT2D eigenvalue weighted by atomic mass is 16.2.